The maximum Gasteiger partial charge on any atom is 0.407 e. The van der Waals surface area contributed by atoms with Crippen molar-refractivity contribution in [2.24, 2.45) is 0 Å². The summed E-state index contributed by atoms with van der Waals surface area (Å²) >= 11 is 6.29. The third kappa shape index (κ3) is 4.99. The van der Waals surface area contributed by atoms with Crippen LogP contribution in [0.4, 0.5) is 4.79 Å². The second-order valence-corrected chi connectivity index (χ2v) is 7.08. The summed E-state index contributed by atoms with van der Waals surface area (Å²) < 4.78 is 7.30. The van der Waals surface area contributed by atoms with Crippen LogP contribution in [-0.4, -0.2) is 27.8 Å². The Morgan fingerprint density at radius 1 is 1.38 bits per heavy atom. The summed E-state index contributed by atoms with van der Waals surface area (Å²) in [6.07, 6.45) is 3.85. The van der Waals surface area contributed by atoms with Gasteiger partial charge in [0.2, 0.25) is 0 Å². The Kier molecular flexibility index (Phi) is 5.89. The van der Waals surface area contributed by atoms with Gasteiger partial charge in [-0.3, -0.25) is 0 Å². The molecule has 0 radical (unpaired) electrons. The molecule has 1 heterocycles. The highest BCUT2D eigenvalue weighted by Crippen LogP contribution is 2.26. The standard InChI is InChI=1S/C18H24ClN3O2/c1-13(15-7-5-6-8-16(15)19)22-12-20-11-14(22)9-10-21-17(23)24-18(2,3)4/h5-8,11-13H,9-10H2,1-4H3,(H,21,23). The van der Waals surface area contributed by atoms with Gasteiger partial charge in [0.15, 0.2) is 0 Å². The van der Waals surface area contributed by atoms with E-state index in [0.29, 0.717) is 13.0 Å². The highest BCUT2D eigenvalue weighted by molar-refractivity contribution is 6.31. The molecule has 1 N–H and O–H groups in total. The van der Waals surface area contributed by atoms with E-state index >= 15 is 0 Å². The number of imidazole rings is 1. The van der Waals surface area contributed by atoms with Gasteiger partial charge in [0.25, 0.3) is 0 Å². The van der Waals surface area contributed by atoms with Crippen molar-refractivity contribution in [2.75, 3.05) is 6.54 Å². The molecule has 2 rings (SSSR count). The van der Waals surface area contributed by atoms with E-state index in [2.05, 4.69) is 21.8 Å². The normalized spacial score (nSPS) is 12.7. The van der Waals surface area contributed by atoms with Crippen LogP contribution in [0.15, 0.2) is 36.8 Å². The second-order valence-electron chi connectivity index (χ2n) is 6.67. The van der Waals surface area contributed by atoms with Crippen LogP contribution in [0.5, 0.6) is 0 Å². The number of hydrogen-bond acceptors (Lipinski definition) is 3. The fourth-order valence-corrected chi connectivity index (χ4v) is 2.74. The summed E-state index contributed by atoms with van der Waals surface area (Å²) in [4.78, 5) is 15.9. The van der Waals surface area contributed by atoms with E-state index in [-0.39, 0.29) is 6.04 Å². The summed E-state index contributed by atoms with van der Waals surface area (Å²) in [5.74, 6) is 0. The minimum absolute atomic E-state index is 0.0673. The molecule has 1 amide bonds. The molecule has 1 aromatic carbocycles. The first kappa shape index (κ1) is 18.3. The van der Waals surface area contributed by atoms with Crippen molar-refractivity contribution < 1.29 is 9.53 Å². The Bertz CT molecular complexity index is 692. The third-order valence-electron chi connectivity index (χ3n) is 3.57. The molecule has 0 bridgehead atoms. The molecule has 6 heteroatoms. The summed E-state index contributed by atoms with van der Waals surface area (Å²) in [6, 6.07) is 7.85. The number of hydrogen-bond donors (Lipinski definition) is 1. The van der Waals surface area contributed by atoms with E-state index in [1.165, 1.54) is 0 Å². The predicted octanol–water partition coefficient (Wildman–Crippen LogP) is 4.21. The fraction of sp³-hybridized carbons (Fsp3) is 0.444. The van der Waals surface area contributed by atoms with Crippen molar-refractivity contribution >= 4 is 17.7 Å². The predicted molar refractivity (Wildman–Crippen MR) is 95.4 cm³/mol. The number of rotatable bonds is 5. The molecular weight excluding hydrogens is 326 g/mol. The minimum Gasteiger partial charge on any atom is -0.444 e. The van der Waals surface area contributed by atoms with Crippen molar-refractivity contribution in [2.45, 2.75) is 45.8 Å². The van der Waals surface area contributed by atoms with Gasteiger partial charge in [0.05, 0.1) is 12.4 Å². The largest absolute Gasteiger partial charge is 0.444 e. The zero-order valence-corrected chi connectivity index (χ0v) is 15.3. The SMILES string of the molecule is CC(c1ccccc1Cl)n1cncc1CCNC(=O)OC(C)(C)C. The summed E-state index contributed by atoms with van der Waals surface area (Å²) in [6.45, 7) is 8.08. The Morgan fingerprint density at radius 2 is 2.08 bits per heavy atom. The average molecular weight is 350 g/mol. The van der Waals surface area contributed by atoms with E-state index < -0.39 is 11.7 Å². The lowest BCUT2D eigenvalue weighted by Gasteiger charge is -2.20. The van der Waals surface area contributed by atoms with E-state index in [1.807, 2.05) is 51.2 Å². The minimum atomic E-state index is -0.496. The maximum atomic E-state index is 11.7. The summed E-state index contributed by atoms with van der Waals surface area (Å²) in [5, 5.41) is 3.50. The quantitative estimate of drug-likeness (QED) is 0.879. The molecule has 0 fully saturated rings. The number of nitrogens with one attached hydrogen (secondary N) is 1. The lowest BCUT2D eigenvalue weighted by Crippen LogP contribution is -2.33. The van der Waals surface area contributed by atoms with Crippen molar-refractivity contribution in [1.82, 2.24) is 14.9 Å². The van der Waals surface area contributed by atoms with Crippen LogP contribution in [0.25, 0.3) is 0 Å². The number of amides is 1. The second kappa shape index (κ2) is 7.71. The molecule has 2 aromatic rings. The number of nitrogens with zero attached hydrogens (tertiary/aromatic N) is 2. The van der Waals surface area contributed by atoms with Gasteiger partial charge < -0.3 is 14.6 Å². The van der Waals surface area contributed by atoms with Gasteiger partial charge in [0.1, 0.15) is 5.60 Å². The lowest BCUT2D eigenvalue weighted by molar-refractivity contribution is 0.0528. The molecule has 0 saturated heterocycles. The van der Waals surface area contributed by atoms with Gasteiger partial charge in [0, 0.05) is 29.9 Å². The first-order chi connectivity index (χ1) is 11.3. The van der Waals surface area contributed by atoms with E-state index in [0.717, 1.165) is 16.3 Å². The third-order valence-corrected chi connectivity index (χ3v) is 3.91. The van der Waals surface area contributed by atoms with Crippen LogP contribution in [-0.2, 0) is 11.2 Å². The number of aromatic nitrogens is 2. The Morgan fingerprint density at radius 3 is 2.75 bits per heavy atom. The number of halogens is 1. The van der Waals surface area contributed by atoms with Crippen LogP contribution < -0.4 is 5.32 Å². The smallest absolute Gasteiger partial charge is 0.407 e. The Labute approximate surface area is 148 Å². The van der Waals surface area contributed by atoms with Crippen LogP contribution in [0.2, 0.25) is 5.02 Å². The number of carbonyl (C=O) groups is 1. The molecule has 5 nitrogen and oxygen atoms in total. The Hall–Kier alpha value is -2.01. The monoisotopic (exact) mass is 349 g/mol. The number of carbonyl (C=O) groups excluding carboxylic acids is 1. The van der Waals surface area contributed by atoms with Crippen molar-refractivity contribution in [3.05, 3.63) is 53.1 Å². The zero-order valence-electron chi connectivity index (χ0n) is 14.5. The molecule has 1 unspecified atom stereocenters. The van der Waals surface area contributed by atoms with Gasteiger partial charge in [-0.15, -0.1) is 0 Å². The van der Waals surface area contributed by atoms with Crippen LogP contribution in [0.3, 0.4) is 0 Å². The number of alkyl carbamates (subject to hydrolysis) is 1. The van der Waals surface area contributed by atoms with Crippen molar-refractivity contribution in [1.29, 1.82) is 0 Å². The average Bonchev–Trinajstić information content (AvgIpc) is 2.93. The van der Waals surface area contributed by atoms with Gasteiger partial charge >= 0.3 is 6.09 Å². The molecule has 0 aliphatic carbocycles. The summed E-state index contributed by atoms with van der Waals surface area (Å²) in [7, 11) is 0. The maximum absolute atomic E-state index is 11.7. The lowest BCUT2D eigenvalue weighted by atomic mass is 10.1. The fourth-order valence-electron chi connectivity index (χ4n) is 2.44. The van der Waals surface area contributed by atoms with E-state index in [9.17, 15) is 4.79 Å². The zero-order chi connectivity index (χ0) is 17.7. The molecule has 0 aliphatic rings. The molecule has 0 aliphatic heterocycles. The van der Waals surface area contributed by atoms with Gasteiger partial charge in [-0.1, -0.05) is 29.8 Å². The highest BCUT2D eigenvalue weighted by Gasteiger charge is 2.17. The van der Waals surface area contributed by atoms with Crippen molar-refractivity contribution in [3.8, 4) is 0 Å². The highest BCUT2D eigenvalue weighted by atomic mass is 35.5. The van der Waals surface area contributed by atoms with Gasteiger partial charge in [-0.2, -0.15) is 0 Å². The Balaban J connectivity index is 1.98. The van der Waals surface area contributed by atoms with Crippen LogP contribution in [0, 0.1) is 0 Å². The van der Waals surface area contributed by atoms with Crippen LogP contribution in [0.1, 0.15) is 45.0 Å². The molecule has 1 aromatic heterocycles. The first-order valence-electron chi connectivity index (χ1n) is 8.00. The molecule has 130 valence electrons. The molecule has 24 heavy (non-hydrogen) atoms. The molecular formula is C18H24ClN3O2. The van der Waals surface area contributed by atoms with Gasteiger partial charge in [-0.25, -0.2) is 9.78 Å². The molecule has 0 spiro atoms. The van der Waals surface area contributed by atoms with E-state index in [4.69, 9.17) is 16.3 Å². The van der Waals surface area contributed by atoms with Crippen molar-refractivity contribution in [3.63, 3.8) is 0 Å². The number of benzene rings is 1. The number of ether oxygens (including phenoxy) is 1. The topological polar surface area (TPSA) is 56.2 Å². The molecule has 0 saturated carbocycles. The van der Waals surface area contributed by atoms with Gasteiger partial charge in [-0.05, 0) is 39.3 Å². The molecule has 1 atom stereocenters. The summed E-state index contributed by atoms with van der Waals surface area (Å²) in [5.41, 5.74) is 1.57. The van der Waals surface area contributed by atoms with Crippen LogP contribution >= 0.6 is 11.6 Å². The first-order valence-corrected chi connectivity index (χ1v) is 8.37. The van der Waals surface area contributed by atoms with E-state index in [1.54, 1.807) is 6.33 Å².